The van der Waals surface area contributed by atoms with Crippen LogP contribution in [0.25, 0.3) is 0 Å². The van der Waals surface area contributed by atoms with E-state index in [1.54, 1.807) is 6.92 Å². The fourth-order valence-corrected chi connectivity index (χ4v) is 1.01. The second kappa shape index (κ2) is 5.56. The summed E-state index contributed by atoms with van der Waals surface area (Å²) in [6.45, 7) is 5.59. The minimum Gasteiger partial charge on any atom is -0.368 e. The summed E-state index contributed by atoms with van der Waals surface area (Å²) in [5.74, 6) is -0.506. The molecule has 3 N–H and O–H groups in total. The molecule has 0 radical (unpaired) electrons. The van der Waals surface area contributed by atoms with Crippen LogP contribution in [0.4, 0.5) is 0 Å². The predicted octanol–water partition coefficient (Wildman–Crippen LogP) is 0.413. The second-order valence-corrected chi connectivity index (χ2v) is 3.19. The standard InChI is InChI=1S/C9H18N2O2/c1-4-6(3)8(9(10)13)11-7(12)5-2/h6,8H,4-5H2,1-3H3,(H2,10,13)(H,11,12)/t6-,8-/m0/s1. The van der Waals surface area contributed by atoms with E-state index in [1.807, 2.05) is 13.8 Å². The van der Waals surface area contributed by atoms with E-state index in [0.717, 1.165) is 6.42 Å². The average molecular weight is 186 g/mol. The van der Waals surface area contributed by atoms with Gasteiger partial charge >= 0.3 is 0 Å². The van der Waals surface area contributed by atoms with Crippen molar-refractivity contribution < 1.29 is 9.59 Å². The minimum absolute atomic E-state index is 0.0907. The monoisotopic (exact) mass is 186 g/mol. The van der Waals surface area contributed by atoms with Gasteiger partial charge in [-0.3, -0.25) is 9.59 Å². The average Bonchev–Trinajstić information content (AvgIpc) is 2.11. The third-order valence-corrected chi connectivity index (χ3v) is 2.16. The topological polar surface area (TPSA) is 72.2 Å². The van der Waals surface area contributed by atoms with E-state index < -0.39 is 11.9 Å². The van der Waals surface area contributed by atoms with E-state index in [2.05, 4.69) is 5.32 Å². The molecule has 0 heterocycles. The summed E-state index contributed by atoms with van der Waals surface area (Å²) in [6.07, 6.45) is 1.19. The normalized spacial score (nSPS) is 14.7. The van der Waals surface area contributed by atoms with Crippen molar-refractivity contribution in [2.75, 3.05) is 0 Å². The molecule has 13 heavy (non-hydrogen) atoms. The zero-order valence-corrected chi connectivity index (χ0v) is 8.46. The molecule has 76 valence electrons. The lowest BCUT2D eigenvalue weighted by Gasteiger charge is -2.20. The predicted molar refractivity (Wildman–Crippen MR) is 50.9 cm³/mol. The van der Waals surface area contributed by atoms with Gasteiger partial charge in [0.15, 0.2) is 0 Å². The Morgan fingerprint density at radius 3 is 2.23 bits per heavy atom. The molecule has 0 unspecified atom stereocenters. The van der Waals surface area contributed by atoms with Crippen molar-refractivity contribution in [3.05, 3.63) is 0 Å². The van der Waals surface area contributed by atoms with E-state index in [0.29, 0.717) is 6.42 Å². The van der Waals surface area contributed by atoms with Gasteiger partial charge in [-0.15, -0.1) is 0 Å². The van der Waals surface area contributed by atoms with Crippen molar-refractivity contribution >= 4 is 11.8 Å². The quantitative estimate of drug-likeness (QED) is 0.652. The second-order valence-electron chi connectivity index (χ2n) is 3.19. The van der Waals surface area contributed by atoms with E-state index in [4.69, 9.17) is 5.73 Å². The molecule has 0 aliphatic rings. The summed E-state index contributed by atoms with van der Waals surface area (Å²) in [6, 6.07) is -0.530. The highest BCUT2D eigenvalue weighted by Crippen LogP contribution is 2.07. The van der Waals surface area contributed by atoms with Crippen molar-refractivity contribution in [3.63, 3.8) is 0 Å². The van der Waals surface area contributed by atoms with Gasteiger partial charge < -0.3 is 11.1 Å². The van der Waals surface area contributed by atoms with Crippen LogP contribution in [-0.4, -0.2) is 17.9 Å². The number of carbonyl (C=O) groups excluding carboxylic acids is 2. The van der Waals surface area contributed by atoms with Gasteiger partial charge in [-0.25, -0.2) is 0 Å². The number of carbonyl (C=O) groups is 2. The first-order chi connectivity index (χ1) is 6.02. The highest BCUT2D eigenvalue weighted by atomic mass is 16.2. The molecule has 0 saturated carbocycles. The van der Waals surface area contributed by atoms with Gasteiger partial charge in [0.2, 0.25) is 11.8 Å². The van der Waals surface area contributed by atoms with Crippen LogP contribution in [0.5, 0.6) is 0 Å². The molecule has 4 nitrogen and oxygen atoms in total. The summed E-state index contributed by atoms with van der Waals surface area (Å²) < 4.78 is 0. The minimum atomic E-state index is -0.530. The number of rotatable bonds is 5. The van der Waals surface area contributed by atoms with Crippen LogP contribution in [0.15, 0.2) is 0 Å². The van der Waals surface area contributed by atoms with Gasteiger partial charge in [-0.2, -0.15) is 0 Å². The van der Waals surface area contributed by atoms with Crippen LogP contribution in [0.3, 0.4) is 0 Å². The first-order valence-electron chi connectivity index (χ1n) is 4.61. The Morgan fingerprint density at radius 2 is 1.92 bits per heavy atom. The third-order valence-electron chi connectivity index (χ3n) is 2.16. The number of hydrogen-bond donors (Lipinski definition) is 2. The van der Waals surface area contributed by atoms with Crippen LogP contribution in [0.1, 0.15) is 33.6 Å². The molecule has 0 spiro atoms. The fraction of sp³-hybridized carbons (Fsp3) is 0.778. The first-order valence-corrected chi connectivity index (χ1v) is 4.61. The molecule has 4 heteroatoms. The molecular formula is C9H18N2O2. The van der Waals surface area contributed by atoms with Crippen LogP contribution >= 0.6 is 0 Å². The SMILES string of the molecule is CCC(=O)N[C@H](C(N)=O)[C@@H](C)CC. The molecule has 2 amide bonds. The Labute approximate surface area is 78.9 Å². The zero-order valence-electron chi connectivity index (χ0n) is 8.46. The van der Waals surface area contributed by atoms with Gasteiger partial charge in [0, 0.05) is 6.42 Å². The Morgan fingerprint density at radius 1 is 1.38 bits per heavy atom. The first kappa shape index (κ1) is 11.9. The van der Waals surface area contributed by atoms with Crippen molar-refractivity contribution in [2.45, 2.75) is 39.7 Å². The number of hydrogen-bond acceptors (Lipinski definition) is 2. The number of amides is 2. The molecule has 0 aromatic carbocycles. The van der Waals surface area contributed by atoms with Gasteiger partial charge in [-0.1, -0.05) is 27.2 Å². The lowest BCUT2D eigenvalue weighted by molar-refractivity contribution is -0.128. The van der Waals surface area contributed by atoms with Crippen LogP contribution in [-0.2, 0) is 9.59 Å². The summed E-state index contributed by atoms with van der Waals surface area (Å²) >= 11 is 0. The summed E-state index contributed by atoms with van der Waals surface area (Å²) in [5.41, 5.74) is 5.16. The molecule has 0 fully saturated rings. The Balaban J connectivity index is 4.26. The maximum absolute atomic E-state index is 11.0. The summed E-state index contributed by atoms with van der Waals surface area (Å²) in [5, 5.41) is 2.60. The Kier molecular flexibility index (Phi) is 5.11. The van der Waals surface area contributed by atoms with Crippen LogP contribution in [0.2, 0.25) is 0 Å². The molecule has 0 saturated heterocycles. The fourth-order valence-electron chi connectivity index (χ4n) is 1.01. The van der Waals surface area contributed by atoms with Crippen LogP contribution in [0, 0.1) is 5.92 Å². The molecule has 0 aromatic heterocycles. The van der Waals surface area contributed by atoms with Gasteiger partial charge in [0.1, 0.15) is 6.04 Å². The Hall–Kier alpha value is -1.06. The van der Waals surface area contributed by atoms with Crippen molar-refractivity contribution in [1.82, 2.24) is 5.32 Å². The molecule has 0 bridgehead atoms. The number of nitrogens with two attached hydrogens (primary N) is 1. The molecule has 0 aliphatic carbocycles. The summed E-state index contributed by atoms with van der Waals surface area (Å²) in [4.78, 5) is 22.0. The molecule has 2 atom stereocenters. The van der Waals surface area contributed by atoms with Crippen molar-refractivity contribution in [1.29, 1.82) is 0 Å². The maximum Gasteiger partial charge on any atom is 0.240 e. The third kappa shape index (κ3) is 3.92. The lowest BCUT2D eigenvalue weighted by atomic mass is 9.98. The van der Waals surface area contributed by atoms with Gasteiger partial charge in [-0.05, 0) is 5.92 Å². The molecule has 0 aliphatic heterocycles. The maximum atomic E-state index is 11.0. The Bertz CT molecular complexity index is 192. The van der Waals surface area contributed by atoms with Gasteiger partial charge in [0.25, 0.3) is 0 Å². The van der Waals surface area contributed by atoms with E-state index >= 15 is 0 Å². The lowest BCUT2D eigenvalue weighted by Crippen LogP contribution is -2.48. The molecular weight excluding hydrogens is 168 g/mol. The zero-order chi connectivity index (χ0) is 10.4. The van der Waals surface area contributed by atoms with Gasteiger partial charge in [0.05, 0.1) is 0 Å². The number of nitrogens with one attached hydrogen (secondary N) is 1. The van der Waals surface area contributed by atoms with Crippen LogP contribution < -0.4 is 11.1 Å². The highest BCUT2D eigenvalue weighted by molar-refractivity contribution is 5.86. The van der Waals surface area contributed by atoms with E-state index in [-0.39, 0.29) is 11.8 Å². The number of primary amides is 1. The van der Waals surface area contributed by atoms with E-state index in [9.17, 15) is 9.59 Å². The van der Waals surface area contributed by atoms with E-state index in [1.165, 1.54) is 0 Å². The van der Waals surface area contributed by atoms with Crippen molar-refractivity contribution in [3.8, 4) is 0 Å². The largest absolute Gasteiger partial charge is 0.368 e. The molecule has 0 aromatic rings. The highest BCUT2D eigenvalue weighted by Gasteiger charge is 2.22. The smallest absolute Gasteiger partial charge is 0.240 e. The molecule has 0 rings (SSSR count). The van der Waals surface area contributed by atoms with Crippen molar-refractivity contribution in [2.24, 2.45) is 11.7 Å². The summed E-state index contributed by atoms with van der Waals surface area (Å²) in [7, 11) is 0.